The molecule has 0 spiro atoms. The normalized spacial score (nSPS) is 9.18. The maximum Gasteiger partial charge on any atom is 0.267 e. The summed E-state index contributed by atoms with van der Waals surface area (Å²) in [5, 5.41) is -0.139. The summed E-state index contributed by atoms with van der Waals surface area (Å²) in [7, 11) is 0. The van der Waals surface area contributed by atoms with Crippen LogP contribution in [0.3, 0.4) is 0 Å². The first kappa shape index (κ1) is 11.5. The van der Waals surface area contributed by atoms with E-state index < -0.39 is 0 Å². The second kappa shape index (κ2) is 5.93. The smallest absolute Gasteiger partial charge is 0.267 e. The Morgan fingerprint density at radius 3 is 2.12 bits per heavy atom. The predicted molar refractivity (Wildman–Crippen MR) is 70.6 cm³/mol. The van der Waals surface area contributed by atoms with Gasteiger partial charge in [-0.25, -0.2) is 0 Å². The van der Waals surface area contributed by atoms with E-state index in [0.717, 1.165) is 22.2 Å². The topological polar surface area (TPSA) is 17.1 Å². The zero-order valence-corrected chi connectivity index (χ0v) is 9.91. The molecular weight excluding hydrogens is 228 g/mol. The second-order valence-electron chi connectivity index (χ2n) is 3.32. The fourth-order valence-electron chi connectivity index (χ4n) is 1.27. The van der Waals surface area contributed by atoms with Crippen molar-refractivity contribution < 1.29 is 4.79 Å². The van der Waals surface area contributed by atoms with Crippen LogP contribution in [0.5, 0.6) is 0 Å². The average Bonchev–Trinajstić information content (AvgIpc) is 2.39. The summed E-state index contributed by atoms with van der Waals surface area (Å²) >= 11 is 1.15. The van der Waals surface area contributed by atoms with Crippen LogP contribution in [0, 0.1) is 11.8 Å². The molecule has 0 unspecified atom stereocenters. The van der Waals surface area contributed by atoms with E-state index in [2.05, 4.69) is 11.8 Å². The van der Waals surface area contributed by atoms with Gasteiger partial charge in [-0.05, 0) is 41.9 Å². The highest BCUT2D eigenvalue weighted by molar-refractivity contribution is 8.14. The standard InChI is InChI=1S/C15H10OS/c16-15(17-14-9-5-2-6-10-14)12-11-13-7-3-1-4-8-13/h1-10H. The first-order valence-electron chi connectivity index (χ1n) is 5.18. The minimum absolute atomic E-state index is 0.139. The van der Waals surface area contributed by atoms with Crippen LogP contribution in [0.25, 0.3) is 0 Å². The van der Waals surface area contributed by atoms with Crippen molar-refractivity contribution in [2.75, 3.05) is 0 Å². The zero-order valence-electron chi connectivity index (χ0n) is 9.09. The number of carbonyl (C=O) groups excluding carboxylic acids is 1. The summed E-state index contributed by atoms with van der Waals surface area (Å²) in [5.74, 6) is 5.47. The van der Waals surface area contributed by atoms with E-state index in [-0.39, 0.29) is 5.12 Å². The van der Waals surface area contributed by atoms with Gasteiger partial charge in [0, 0.05) is 10.5 Å². The van der Waals surface area contributed by atoms with Crippen molar-refractivity contribution >= 4 is 16.9 Å². The first-order chi connectivity index (χ1) is 8.34. The van der Waals surface area contributed by atoms with Gasteiger partial charge in [0.1, 0.15) is 0 Å². The van der Waals surface area contributed by atoms with Gasteiger partial charge in [0.15, 0.2) is 0 Å². The van der Waals surface area contributed by atoms with Gasteiger partial charge in [-0.1, -0.05) is 42.3 Å². The minimum atomic E-state index is -0.139. The molecule has 0 aliphatic heterocycles. The van der Waals surface area contributed by atoms with E-state index in [1.807, 2.05) is 60.7 Å². The van der Waals surface area contributed by atoms with Gasteiger partial charge in [-0.15, -0.1) is 0 Å². The quantitative estimate of drug-likeness (QED) is 0.560. The molecule has 0 aliphatic carbocycles. The van der Waals surface area contributed by atoms with Crippen LogP contribution in [-0.2, 0) is 4.79 Å². The van der Waals surface area contributed by atoms with Crippen molar-refractivity contribution in [3.63, 3.8) is 0 Å². The maximum atomic E-state index is 11.6. The summed E-state index contributed by atoms with van der Waals surface area (Å²) < 4.78 is 0. The molecule has 0 amide bonds. The van der Waals surface area contributed by atoms with E-state index in [9.17, 15) is 4.79 Å². The Labute approximate surface area is 105 Å². The Kier molecular flexibility index (Phi) is 4.01. The molecule has 17 heavy (non-hydrogen) atoms. The van der Waals surface area contributed by atoms with E-state index in [1.54, 1.807) is 0 Å². The summed E-state index contributed by atoms with van der Waals surface area (Å²) in [4.78, 5) is 12.5. The van der Waals surface area contributed by atoms with Crippen molar-refractivity contribution in [3.05, 3.63) is 66.2 Å². The minimum Gasteiger partial charge on any atom is -0.272 e. The Hall–Kier alpha value is -1.98. The predicted octanol–water partition coefficient (Wildman–Crippen LogP) is 3.36. The third-order valence-electron chi connectivity index (χ3n) is 2.04. The first-order valence-corrected chi connectivity index (χ1v) is 6.00. The molecule has 0 radical (unpaired) electrons. The summed E-state index contributed by atoms with van der Waals surface area (Å²) in [6, 6.07) is 19.0. The van der Waals surface area contributed by atoms with Crippen molar-refractivity contribution in [1.82, 2.24) is 0 Å². The molecule has 0 saturated heterocycles. The Balaban J connectivity index is 2.02. The molecule has 0 fully saturated rings. The van der Waals surface area contributed by atoms with Crippen molar-refractivity contribution in [2.24, 2.45) is 0 Å². The summed E-state index contributed by atoms with van der Waals surface area (Å²) in [5.41, 5.74) is 0.856. The highest BCUT2D eigenvalue weighted by Crippen LogP contribution is 2.17. The van der Waals surface area contributed by atoms with Crippen LogP contribution in [0.1, 0.15) is 5.56 Å². The van der Waals surface area contributed by atoms with E-state index in [4.69, 9.17) is 0 Å². The highest BCUT2D eigenvalue weighted by Gasteiger charge is 1.99. The molecule has 0 aliphatic rings. The van der Waals surface area contributed by atoms with Gasteiger partial charge >= 0.3 is 0 Å². The molecule has 0 aromatic heterocycles. The van der Waals surface area contributed by atoms with Gasteiger partial charge in [0.2, 0.25) is 0 Å². The zero-order chi connectivity index (χ0) is 11.9. The number of carbonyl (C=O) groups is 1. The van der Waals surface area contributed by atoms with Crippen LogP contribution in [-0.4, -0.2) is 5.12 Å². The van der Waals surface area contributed by atoms with Crippen LogP contribution >= 0.6 is 11.8 Å². The number of thioether (sulfide) groups is 1. The highest BCUT2D eigenvalue weighted by atomic mass is 32.2. The van der Waals surface area contributed by atoms with Crippen molar-refractivity contribution in [3.8, 4) is 11.8 Å². The van der Waals surface area contributed by atoms with E-state index >= 15 is 0 Å². The van der Waals surface area contributed by atoms with Crippen molar-refractivity contribution in [2.45, 2.75) is 4.90 Å². The monoisotopic (exact) mass is 238 g/mol. The largest absolute Gasteiger partial charge is 0.272 e. The molecule has 0 heterocycles. The van der Waals surface area contributed by atoms with E-state index in [1.165, 1.54) is 0 Å². The lowest BCUT2D eigenvalue weighted by atomic mass is 10.2. The number of benzene rings is 2. The van der Waals surface area contributed by atoms with Gasteiger partial charge in [-0.2, -0.15) is 0 Å². The van der Waals surface area contributed by atoms with Gasteiger partial charge in [-0.3, -0.25) is 4.79 Å². The number of hydrogen-bond acceptors (Lipinski definition) is 2. The molecule has 0 saturated carbocycles. The molecule has 0 bridgehead atoms. The third-order valence-corrected chi connectivity index (χ3v) is 2.83. The SMILES string of the molecule is O=C(C#Cc1ccccc1)Sc1ccccc1. The molecule has 2 aromatic rings. The molecule has 1 nitrogen and oxygen atoms in total. The molecule has 0 N–H and O–H groups in total. The number of hydrogen-bond donors (Lipinski definition) is 0. The lowest BCUT2D eigenvalue weighted by molar-refractivity contribution is -0.106. The summed E-state index contributed by atoms with van der Waals surface area (Å²) in [6.07, 6.45) is 0. The van der Waals surface area contributed by atoms with E-state index in [0.29, 0.717) is 0 Å². The van der Waals surface area contributed by atoms with Gasteiger partial charge in [0.05, 0.1) is 0 Å². The molecule has 2 heteroatoms. The van der Waals surface area contributed by atoms with Crippen LogP contribution in [0.15, 0.2) is 65.6 Å². The molecule has 82 valence electrons. The Bertz CT molecular complexity index is 550. The second-order valence-corrected chi connectivity index (χ2v) is 4.36. The van der Waals surface area contributed by atoms with Gasteiger partial charge < -0.3 is 0 Å². The fraction of sp³-hybridized carbons (Fsp3) is 0. The lowest BCUT2D eigenvalue weighted by Gasteiger charge is -1.93. The fourth-order valence-corrected chi connectivity index (χ4v) is 1.88. The van der Waals surface area contributed by atoms with Crippen LogP contribution < -0.4 is 0 Å². The van der Waals surface area contributed by atoms with Crippen molar-refractivity contribution in [1.29, 1.82) is 0 Å². The Morgan fingerprint density at radius 2 is 1.47 bits per heavy atom. The summed E-state index contributed by atoms with van der Waals surface area (Å²) in [6.45, 7) is 0. The van der Waals surface area contributed by atoms with Crippen LogP contribution in [0.4, 0.5) is 0 Å². The third kappa shape index (κ3) is 3.82. The van der Waals surface area contributed by atoms with Gasteiger partial charge in [0.25, 0.3) is 5.12 Å². The molecule has 0 atom stereocenters. The lowest BCUT2D eigenvalue weighted by Crippen LogP contribution is -1.85. The average molecular weight is 238 g/mol. The van der Waals surface area contributed by atoms with Crippen LogP contribution in [0.2, 0.25) is 0 Å². The molecular formula is C15H10OS. The molecule has 2 rings (SSSR count). The maximum absolute atomic E-state index is 11.6. The Morgan fingerprint density at radius 1 is 0.882 bits per heavy atom. The molecule has 2 aromatic carbocycles. The number of rotatable bonds is 1.